The van der Waals surface area contributed by atoms with Crippen LogP contribution in [0.25, 0.3) is 4.48 Å². The second-order valence-electron chi connectivity index (χ2n) is 8.57. The maximum atomic E-state index is 12.4. The van der Waals surface area contributed by atoms with Crippen LogP contribution in [0.2, 0.25) is 5.02 Å². The van der Waals surface area contributed by atoms with Crippen LogP contribution in [0.15, 0.2) is 48.2 Å². The SMILES string of the molecule is CC(C)(C)OC(=O)N1CCN(C2C/C(=C\C=C/N)C=C(Br)c3cc(Cl)ccc32)CC1. The maximum Gasteiger partial charge on any atom is 0.410 e. The average molecular weight is 495 g/mol. The lowest BCUT2D eigenvalue weighted by Crippen LogP contribution is -2.50. The number of nitrogens with two attached hydrogens (primary N) is 1. The monoisotopic (exact) mass is 493 g/mol. The Labute approximate surface area is 192 Å². The second kappa shape index (κ2) is 9.58. The molecule has 2 aliphatic rings. The van der Waals surface area contributed by atoms with E-state index in [1.165, 1.54) is 17.3 Å². The van der Waals surface area contributed by atoms with Crippen LogP contribution < -0.4 is 5.73 Å². The number of piperazine rings is 1. The van der Waals surface area contributed by atoms with Crippen molar-refractivity contribution in [2.75, 3.05) is 26.2 Å². The fraction of sp³-hybridized carbons (Fsp3) is 0.435. The van der Waals surface area contributed by atoms with Crippen LogP contribution in [0.5, 0.6) is 0 Å². The summed E-state index contributed by atoms with van der Waals surface area (Å²) in [6, 6.07) is 6.24. The quantitative estimate of drug-likeness (QED) is 0.592. The number of nitrogens with zero attached hydrogens (tertiary/aromatic N) is 2. The molecule has 1 aliphatic heterocycles. The molecule has 30 heavy (non-hydrogen) atoms. The summed E-state index contributed by atoms with van der Waals surface area (Å²) in [7, 11) is 0. The van der Waals surface area contributed by atoms with Crippen molar-refractivity contribution in [1.82, 2.24) is 9.80 Å². The first kappa shape index (κ1) is 22.9. The Morgan fingerprint density at radius 2 is 1.97 bits per heavy atom. The van der Waals surface area contributed by atoms with E-state index in [1.54, 1.807) is 4.90 Å². The van der Waals surface area contributed by atoms with Gasteiger partial charge in [-0.3, -0.25) is 4.90 Å². The van der Waals surface area contributed by atoms with Gasteiger partial charge in [-0.2, -0.15) is 0 Å². The number of amides is 1. The van der Waals surface area contributed by atoms with Gasteiger partial charge in [0.15, 0.2) is 0 Å². The molecular formula is C23H29BrClN3O2. The number of hydrogen-bond donors (Lipinski definition) is 1. The molecule has 1 atom stereocenters. The zero-order valence-corrected chi connectivity index (χ0v) is 20.0. The van der Waals surface area contributed by atoms with Crippen molar-refractivity contribution < 1.29 is 9.53 Å². The third kappa shape index (κ3) is 5.68. The molecule has 1 aliphatic carbocycles. The number of rotatable bonds is 2. The molecular weight excluding hydrogens is 466 g/mol. The molecule has 1 heterocycles. The van der Waals surface area contributed by atoms with Crippen LogP contribution in [0.4, 0.5) is 4.79 Å². The summed E-state index contributed by atoms with van der Waals surface area (Å²) in [4.78, 5) is 16.7. The van der Waals surface area contributed by atoms with Gasteiger partial charge in [-0.05, 0) is 74.4 Å². The summed E-state index contributed by atoms with van der Waals surface area (Å²) in [5, 5.41) is 0.710. The smallest absolute Gasteiger partial charge is 0.410 e. The van der Waals surface area contributed by atoms with Crippen molar-refractivity contribution in [2.45, 2.75) is 38.8 Å². The van der Waals surface area contributed by atoms with Crippen LogP contribution in [-0.2, 0) is 4.74 Å². The zero-order valence-electron chi connectivity index (χ0n) is 17.7. The first-order valence-electron chi connectivity index (χ1n) is 10.1. The molecule has 0 saturated carbocycles. The highest BCUT2D eigenvalue weighted by Gasteiger charge is 2.32. The molecule has 1 unspecified atom stereocenters. The van der Waals surface area contributed by atoms with Gasteiger partial charge < -0.3 is 15.4 Å². The largest absolute Gasteiger partial charge is 0.444 e. The third-order valence-corrected chi connectivity index (χ3v) is 6.09. The second-order valence-corrected chi connectivity index (χ2v) is 9.86. The normalized spacial score (nSPS) is 22.0. The van der Waals surface area contributed by atoms with E-state index < -0.39 is 5.60 Å². The van der Waals surface area contributed by atoms with Crippen molar-refractivity contribution in [3.8, 4) is 0 Å². The lowest BCUT2D eigenvalue weighted by molar-refractivity contribution is 0.0102. The molecule has 0 aromatic heterocycles. The minimum atomic E-state index is -0.484. The highest BCUT2D eigenvalue weighted by Crippen LogP contribution is 2.41. The predicted octanol–water partition coefficient (Wildman–Crippen LogP) is 5.47. The van der Waals surface area contributed by atoms with Gasteiger partial charge in [-0.15, -0.1) is 0 Å². The van der Waals surface area contributed by atoms with Gasteiger partial charge in [0.25, 0.3) is 0 Å². The molecule has 1 aromatic rings. The molecule has 2 N–H and O–H groups in total. The Hall–Kier alpha value is -1.76. The molecule has 5 nitrogen and oxygen atoms in total. The molecule has 0 spiro atoms. The number of benzene rings is 1. The van der Waals surface area contributed by atoms with Crippen LogP contribution >= 0.6 is 27.5 Å². The first-order valence-corrected chi connectivity index (χ1v) is 11.3. The Bertz CT molecular complexity index is 881. The Kier molecular flexibility index (Phi) is 7.32. The summed E-state index contributed by atoms with van der Waals surface area (Å²) in [6.45, 7) is 8.53. The summed E-state index contributed by atoms with van der Waals surface area (Å²) >= 11 is 10.0. The topological polar surface area (TPSA) is 58.8 Å². The van der Waals surface area contributed by atoms with E-state index in [-0.39, 0.29) is 12.1 Å². The number of allylic oxidation sites excluding steroid dienone is 3. The summed E-state index contributed by atoms with van der Waals surface area (Å²) in [5.41, 5.74) is 8.57. The van der Waals surface area contributed by atoms with Crippen molar-refractivity contribution in [3.05, 3.63) is 64.3 Å². The Morgan fingerprint density at radius 3 is 2.60 bits per heavy atom. The van der Waals surface area contributed by atoms with E-state index in [1.807, 2.05) is 45.1 Å². The predicted molar refractivity (Wildman–Crippen MR) is 127 cm³/mol. The lowest BCUT2D eigenvalue weighted by Gasteiger charge is -2.40. The maximum absolute atomic E-state index is 12.4. The summed E-state index contributed by atoms with van der Waals surface area (Å²) in [6.07, 6.45) is 8.17. The molecule has 1 aromatic carbocycles. The standard InChI is InChI=1S/C23H29BrClN3O2/c1-23(2,3)30-22(29)28-11-9-27(10-12-28)21-14-16(5-4-8-26)13-20(24)19-15-17(25)6-7-18(19)21/h4-8,13,15,21H,9-12,14,26H2,1-3H3/b8-4-,16-5-. The fourth-order valence-electron chi connectivity index (χ4n) is 3.82. The van der Waals surface area contributed by atoms with Crippen molar-refractivity contribution in [3.63, 3.8) is 0 Å². The van der Waals surface area contributed by atoms with Crippen LogP contribution in [0, 0.1) is 0 Å². The minimum Gasteiger partial charge on any atom is -0.444 e. The molecule has 0 bridgehead atoms. The van der Waals surface area contributed by atoms with Gasteiger partial charge in [0.1, 0.15) is 5.60 Å². The van der Waals surface area contributed by atoms with E-state index in [0.717, 1.165) is 29.6 Å². The van der Waals surface area contributed by atoms with Crippen molar-refractivity contribution in [2.24, 2.45) is 5.73 Å². The highest BCUT2D eigenvalue weighted by molar-refractivity contribution is 9.15. The molecule has 1 fully saturated rings. The molecule has 1 amide bonds. The van der Waals surface area contributed by atoms with Crippen LogP contribution in [0.3, 0.4) is 0 Å². The molecule has 162 valence electrons. The number of halogens is 2. The fourth-order valence-corrected chi connectivity index (χ4v) is 4.63. The number of hydrogen-bond acceptors (Lipinski definition) is 4. The third-order valence-electron chi connectivity index (χ3n) is 5.20. The molecule has 7 heteroatoms. The minimum absolute atomic E-state index is 0.182. The van der Waals surface area contributed by atoms with E-state index in [2.05, 4.69) is 33.0 Å². The number of carbonyl (C=O) groups excluding carboxylic acids is 1. The Morgan fingerprint density at radius 1 is 1.27 bits per heavy atom. The highest BCUT2D eigenvalue weighted by atomic mass is 79.9. The Balaban J connectivity index is 1.83. The van der Waals surface area contributed by atoms with Gasteiger partial charge in [-0.25, -0.2) is 4.79 Å². The van der Waals surface area contributed by atoms with Crippen LogP contribution in [0.1, 0.15) is 44.4 Å². The molecule has 0 radical (unpaired) electrons. The van der Waals surface area contributed by atoms with Crippen molar-refractivity contribution in [1.29, 1.82) is 0 Å². The zero-order chi connectivity index (χ0) is 21.9. The van der Waals surface area contributed by atoms with Gasteiger partial charge >= 0.3 is 6.09 Å². The van der Waals surface area contributed by atoms with Gasteiger partial charge in [0.05, 0.1) is 0 Å². The van der Waals surface area contributed by atoms with E-state index in [9.17, 15) is 4.79 Å². The van der Waals surface area contributed by atoms with Gasteiger partial charge in [0.2, 0.25) is 0 Å². The number of ether oxygens (including phenoxy) is 1. The lowest BCUT2D eigenvalue weighted by atomic mass is 9.95. The van der Waals surface area contributed by atoms with E-state index in [0.29, 0.717) is 18.1 Å². The number of fused-ring (bicyclic) bond motifs is 1. The van der Waals surface area contributed by atoms with Gasteiger partial charge in [-0.1, -0.05) is 39.7 Å². The van der Waals surface area contributed by atoms with Gasteiger partial charge in [0, 0.05) is 41.7 Å². The first-order chi connectivity index (χ1) is 14.2. The number of carbonyl (C=O) groups is 1. The van der Waals surface area contributed by atoms with E-state index >= 15 is 0 Å². The van der Waals surface area contributed by atoms with Crippen LogP contribution in [-0.4, -0.2) is 47.7 Å². The summed E-state index contributed by atoms with van der Waals surface area (Å²) in [5.74, 6) is 0. The van der Waals surface area contributed by atoms with Crippen molar-refractivity contribution >= 4 is 38.1 Å². The average Bonchev–Trinajstić information content (AvgIpc) is 2.82. The molecule has 3 rings (SSSR count). The van der Waals surface area contributed by atoms with E-state index in [4.69, 9.17) is 22.1 Å². The molecule has 1 saturated heterocycles. The summed E-state index contributed by atoms with van der Waals surface area (Å²) < 4.78 is 6.54.